The lowest BCUT2D eigenvalue weighted by atomic mass is 10.3. The van der Waals surface area contributed by atoms with Crippen LogP contribution in [0.3, 0.4) is 0 Å². The molecular weight excluding hydrogens is 314 g/mol. The molecule has 0 saturated carbocycles. The van der Waals surface area contributed by atoms with E-state index < -0.39 is 11.6 Å². The fourth-order valence-corrected chi connectivity index (χ4v) is 1.79. The van der Waals surface area contributed by atoms with Crippen LogP contribution in [0.2, 0.25) is 5.28 Å². The third kappa shape index (κ3) is 5.05. The summed E-state index contributed by atoms with van der Waals surface area (Å²) in [5.41, 5.74) is 0.180. The van der Waals surface area contributed by atoms with E-state index in [-0.39, 0.29) is 22.9 Å². The summed E-state index contributed by atoms with van der Waals surface area (Å²) in [7, 11) is 3.88. The van der Waals surface area contributed by atoms with E-state index in [0.717, 1.165) is 24.7 Å². The monoisotopic (exact) mass is 328 g/mol. The molecule has 1 aromatic heterocycles. The second-order valence-electron chi connectivity index (χ2n) is 4.76. The SMILES string of the molecule is CN(C)CCNc1nc(Cl)nc(Nc2cc(F)cc(F)c2)n1. The number of aromatic nitrogens is 3. The molecule has 1 aromatic carbocycles. The molecule has 0 fully saturated rings. The Morgan fingerprint density at radius 1 is 1.05 bits per heavy atom. The van der Waals surface area contributed by atoms with Gasteiger partial charge in [0.25, 0.3) is 0 Å². The molecule has 2 rings (SSSR count). The lowest BCUT2D eigenvalue weighted by Gasteiger charge is -2.11. The first-order valence-electron chi connectivity index (χ1n) is 6.45. The Hall–Kier alpha value is -2.06. The van der Waals surface area contributed by atoms with Crippen LogP contribution in [0.5, 0.6) is 0 Å². The fourth-order valence-electron chi connectivity index (χ4n) is 1.63. The van der Waals surface area contributed by atoms with Gasteiger partial charge in [0, 0.05) is 24.8 Å². The molecule has 0 radical (unpaired) electrons. The minimum absolute atomic E-state index is 0.0262. The summed E-state index contributed by atoms with van der Waals surface area (Å²) in [5.74, 6) is -1.03. The smallest absolute Gasteiger partial charge is 0.233 e. The van der Waals surface area contributed by atoms with Crippen LogP contribution in [0.25, 0.3) is 0 Å². The number of halogens is 3. The van der Waals surface area contributed by atoms with Crippen LogP contribution in [0.4, 0.5) is 26.4 Å². The first kappa shape index (κ1) is 16.3. The molecular formula is C13H15ClF2N6. The standard InChI is InChI=1S/C13H15ClF2N6/c1-22(2)4-3-17-12-19-11(14)20-13(21-12)18-10-6-8(15)5-9(16)7-10/h5-7H,3-4H2,1-2H3,(H2,17,18,19,20,21). The molecule has 9 heteroatoms. The molecule has 2 aromatic rings. The molecule has 0 bridgehead atoms. The van der Waals surface area contributed by atoms with Gasteiger partial charge in [0.2, 0.25) is 17.2 Å². The van der Waals surface area contributed by atoms with Crippen LogP contribution < -0.4 is 10.6 Å². The van der Waals surface area contributed by atoms with E-state index in [0.29, 0.717) is 6.54 Å². The predicted octanol–water partition coefficient (Wildman–Crippen LogP) is 2.52. The van der Waals surface area contributed by atoms with E-state index in [9.17, 15) is 8.78 Å². The predicted molar refractivity (Wildman–Crippen MR) is 81.5 cm³/mol. The highest BCUT2D eigenvalue weighted by molar-refractivity contribution is 6.28. The van der Waals surface area contributed by atoms with Crippen molar-refractivity contribution in [3.05, 3.63) is 35.1 Å². The van der Waals surface area contributed by atoms with Crippen LogP contribution in [0.15, 0.2) is 18.2 Å². The van der Waals surface area contributed by atoms with Crippen molar-refractivity contribution >= 4 is 29.2 Å². The fraction of sp³-hybridized carbons (Fsp3) is 0.308. The highest BCUT2D eigenvalue weighted by Gasteiger charge is 2.07. The average Bonchev–Trinajstić information content (AvgIpc) is 2.36. The molecule has 0 spiro atoms. The maximum Gasteiger partial charge on any atom is 0.233 e. The molecule has 0 aliphatic heterocycles. The molecule has 0 aliphatic carbocycles. The molecule has 1 heterocycles. The lowest BCUT2D eigenvalue weighted by molar-refractivity contribution is 0.425. The molecule has 2 N–H and O–H groups in total. The number of hydrogen-bond donors (Lipinski definition) is 2. The van der Waals surface area contributed by atoms with Gasteiger partial charge in [0.15, 0.2) is 0 Å². The zero-order chi connectivity index (χ0) is 16.1. The summed E-state index contributed by atoms with van der Waals surface area (Å²) >= 11 is 5.82. The van der Waals surface area contributed by atoms with Crippen LogP contribution in [-0.4, -0.2) is 47.0 Å². The van der Waals surface area contributed by atoms with Gasteiger partial charge >= 0.3 is 0 Å². The van der Waals surface area contributed by atoms with Gasteiger partial charge in [-0.2, -0.15) is 15.0 Å². The van der Waals surface area contributed by atoms with E-state index in [1.54, 1.807) is 0 Å². The first-order chi connectivity index (χ1) is 10.4. The third-order valence-corrected chi connectivity index (χ3v) is 2.74. The topological polar surface area (TPSA) is 66.0 Å². The van der Waals surface area contributed by atoms with Crippen molar-refractivity contribution in [2.45, 2.75) is 0 Å². The molecule has 0 aliphatic rings. The first-order valence-corrected chi connectivity index (χ1v) is 6.83. The number of likely N-dealkylation sites (N-methyl/N-ethyl adjacent to an activating group) is 1. The van der Waals surface area contributed by atoms with Gasteiger partial charge in [-0.25, -0.2) is 8.78 Å². The van der Waals surface area contributed by atoms with Gasteiger partial charge in [0.05, 0.1) is 0 Å². The van der Waals surface area contributed by atoms with E-state index >= 15 is 0 Å². The number of anilines is 3. The summed E-state index contributed by atoms with van der Waals surface area (Å²) in [6, 6.07) is 3.03. The van der Waals surface area contributed by atoms with Gasteiger partial charge in [0.1, 0.15) is 11.6 Å². The van der Waals surface area contributed by atoms with Gasteiger partial charge in [-0.1, -0.05) is 0 Å². The molecule has 118 valence electrons. The van der Waals surface area contributed by atoms with Gasteiger partial charge < -0.3 is 15.5 Å². The Labute approximate surface area is 131 Å². The van der Waals surface area contributed by atoms with Crippen LogP contribution in [0, 0.1) is 11.6 Å². The molecule has 6 nitrogen and oxygen atoms in total. The van der Waals surface area contributed by atoms with Crippen molar-refractivity contribution in [3.63, 3.8) is 0 Å². The highest BCUT2D eigenvalue weighted by atomic mass is 35.5. The Bertz CT molecular complexity index is 632. The van der Waals surface area contributed by atoms with Crippen molar-refractivity contribution < 1.29 is 8.78 Å². The Morgan fingerprint density at radius 2 is 1.68 bits per heavy atom. The lowest BCUT2D eigenvalue weighted by Crippen LogP contribution is -2.21. The van der Waals surface area contributed by atoms with Crippen molar-refractivity contribution in [1.29, 1.82) is 0 Å². The van der Waals surface area contributed by atoms with Crippen LogP contribution in [0.1, 0.15) is 0 Å². The molecule has 0 amide bonds. The minimum Gasteiger partial charge on any atom is -0.353 e. The second kappa shape index (κ2) is 7.28. The summed E-state index contributed by atoms with van der Waals surface area (Å²) < 4.78 is 26.3. The second-order valence-corrected chi connectivity index (χ2v) is 5.10. The quantitative estimate of drug-likeness (QED) is 0.849. The minimum atomic E-state index is -0.702. The third-order valence-electron chi connectivity index (χ3n) is 2.57. The Kier molecular flexibility index (Phi) is 5.40. The van der Waals surface area contributed by atoms with Crippen molar-refractivity contribution in [2.24, 2.45) is 0 Å². The van der Waals surface area contributed by atoms with Crippen molar-refractivity contribution in [3.8, 4) is 0 Å². The molecule has 22 heavy (non-hydrogen) atoms. The van der Waals surface area contributed by atoms with Crippen LogP contribution in [-0.2, 0) is 0 Å². The van der Waals surface area contributed by atoms with Gasteiger partial charge in [-0.15, -0.1) is 0 Å². The summed E-state index contributed by atoms with van der Waals surface area (Å²) in [6.45, 7) is 1.39. The average molecular weight is 329 g/mol. The van der Waals surface area contributed by atoms with E-state index in [2.05, 4.69) is 25.6 Å². The van der Waals surface area contributed by atoms with Crippen LogP contribution >= 0.6 is 11.6 Å². The highest BCUT2D eigenvalue weighted by Crippen LogP contribution is 2.18. The Morgan fingerprint density at radius 3 is 2.32 bits per heavy atom. The number of nitrogens with zero attached hydrogens (tertiary/aromatic N) is 4. The number of rotatable bonds is 6. The van der Waals surface area contributed by atoms with E-state index in [4.69, 9.17) is 11.6 Å². The van der Waals surface area contributed by atoms with E-state index in [1.807, 2.05) is 19.0 Å². The van der Waals surface area contributed by atoms with E-state index in [1.165, 1.54) is 0 Å². The number of benzene rings is 1. The number of hydrogen-bond acceptors (Lipinski definition) is 6. The molecule has 0 saturated heterocycles. The van der Waals surface area contributed by atoms with Crippen molar-refractivity contribution in [1.82, 2.24) is 19.9 Å². The maximum absolute atomic E-state index is 13.2. The zero-order valence-electron chi connectivity index (χ0n) is 12.1. The summed E-state index contributed by atoms with van der Waals surface area (Å²) in [5, 5.41) is 5.65. The largest absolute Gasteiger partial charge is 0.353 e. The number of nitrogens with one attached hydrogen (secondary N) is 2. The van der Waals surface area contributed by atoms with Gasteiger partial charge in [-0.05, 0) is 37.8 Å². The summed E-state index contributed by atoms with van der Waals surface area (Å²) in [4.78, 5) is 13.9. The van der Waals surface area contributed by atoms with Crippen molar-refractivity contribution in [2.75, 3.05) is 37.8 Å². The summed E-state index contributed by atoms with van der Waals surface area (Å²) in [6.07, 6.45) is 0. The maximum atomic E-state index is 13.2. The Balaban J connectivity index is 2.11. The van der Waals surface area contributed by atoms with Gasteiger partial charge in [-0.3, -0.25) is 0 Å². The molecule has 0 atom stereocenters. The molecule has 0 unspecified atom stereocenters. The zero-order valence-corrected chi connectivity index (χ0v) is 12.8. The normalized spacial score (nSPS) is 10.8.